The van der Waals surface area contributed by atoms with Crippen LogP contribution in [-0.4, -0.2) is 35.9 Å². The molecule has 7 nitrogen and oxygen atoms in total. The summed E-state index contributed by atoms with van der Waals surface area (Å²) in [6.07, 6.45) is 0.325. The summed E-state index contributed by atoms with van der Waals surface area (Å²) in [6, 6.07) is 21.3. The van der Waals surface area contributed by atoms with Gasteiger partial charge in [0.25, 0.3) is 5.91 Å². The Balaban J connectivity index is 1.54. The molecule has 3 N–H and O–H groups in total. The summed E-state index contributed by atoms with van der Waals surface area (Å²) in [7, 11) is 0. The molecule has 0 saturated carbocycles. The second-order valence-corrected chi connectivity index (χ2v) is 8.99. The van der Waals surface area contributed by atoms with Gasteiger partial charge >= 0.3 is 6.09 Å². The SMILES string of the molecule is CC(C)Oc1ccc(C(=O)NC(CCO)Cc2ccc(NC(=O)OCc3ccccc3)cc2)cc1Cl. The van der Waals surface area contributed by atoms with Crippen molar-refractivity contribution in [2.24, 2.45) is 0 Å². The molecule has 1 atom stereocenters. The van der Waals surface area contributed by atoms with E-state index < -0.39 is 6.09 Å². The van der Waals surface area contributed by atoms with Crippen molar-refractivity contribution in [3.8, 4) is 5.75 Å². The van der Waals surface area contributed by atoms with Gasteiger partial charge in [0.1, 0.15) is 12.4 Å². The van der Waals surface area contributed by atoms with Gasteiger partial charge in [0.2, 0.25) is 0 Å². The van der Waals surface area contributed by atoms with Gasteiger partial charge in [0, 0.05) is 23.9 Å². The molecular formula is C28H31ClN2O5. The van der Waals surface area contributed by atoms with Gasteiger partial charge in [-0.3, -0.25) is 10.1 Å². The number of carbonyl (C=O) groups excluding carboxylic acids is 2. The zero-order valence-corrected chi connectivity index (χ0v) is 21.1. The van der Waals surface area contributed by atoms with Gasteiger partial charge in [-0.2, -0.15) is 0 Å². The third kappa shape index (κ3) is 8.59. The van der Waals surface area contributed by atoms with Crippen molar-refractivity contribution < 1.29 is 24.2 Å². The molecule has 3 rings (SSSR count). The molecule has 0 fully saturated rings. The Labute approximate surface area is 216 Å². The van der Waals surface area contributed by atoms with Crippen molar-refractivity contribution in [3.63, 3.8) is 0 Å². The molecule has 0 aliphatic rings. The minimum atomic E-state index is -0.541. The number of hydrogen-bond donors (Lipinski definition) is 3. The summed E-state index contributed by atoms with van der Waals surface area (Å²) < 4.78 is 10.9. The number of halogens is 1. The number of rotatable bonds is 11. The summed E-state index contributed by atoms with van der Waals surface area (Å²) in [5, 5.41) is 15.5. The van der Waals surface area contributed by atoms with E-state index in [1.807, 2.05) is 56.3 Å². The van der Waals surface area contributed by atoms with E-state index in [-0.39, 0.29) is 31.3 Å². The molecule has 0 bridgehead atoms. The molecule has 0 aliphatic heterocycles. The zero-order valence-electron chi connectivity index (χ0n) is 20.4. The lowest BCUT2D eigenvalue weighted by atomic mass is 10.0. The summed E-state index contributed by atoms with van der Waals surface area (Å²) in [4.78, 5) is 24.9. The van der Waals surface area contributed by atoms with Crippen LogP contribution in [0.15, 0.2) is 72.8 Å². The second kappa shape index (κ2) is 13.5. The maximum atomic E-state index is 12.8. The number of amides is 2. The predicted molar refractivity (Wildman–Crippen MR) is 141 cm³/mol. The Morgan fingerprint density at radius 1 is 0.972 bits per heavy atom. The summed E-state index contributed by atoms with van der Waals surface area (Å²) in [5.74, 6) is 0.235. The molecule has 3 aromatic carbocycles. The molecule has 0 saturated heterocycles. The van der Waals surface area contributed by atoms with Gasteiger partial charge in [0.05, 0.1) is 11.1 Å². The number of aliphatic hydroxyl groups excluding tert-OH is 1. The summed E-state index contributed by atoms with van der Waals surface area (Å²) >= 11 is 6.26. The standard InChI is InChI=1S/C28H31ClN2O5/c1-19(2)36-26-13-10-22(17-25(26)29)27(33)30-24(14-15-32)16-20-8-11-23(12-9-20)31-28(34)35-18-21-6-4-3-5-7-21/h3-13,17,19,24,32H,14-16,18H2,1-2H3,(H,30,33)(H,31,34). The molecule has 0 spiro atoms. The molecule has 2 amide bonds. The Morgan fingerprint density at radius 3 is 2.33 bits per heavy atom. The van der Waals surface area contributed by atoms with Gasteiger partial charge in [-0.15, -0.1) is 0 Å². The van der Waals surface area contributed by atoms with Crippen LogP contribution >= 0.6 is 11.6 Å². The van der Waals surface area contributed by atoms with E-state index in [1.165, 1.54) is 0 Å². The van der Waals surface area contributed by atoms with Crippen LogP contribution in [0.25, 0.3) is 0 Å². The van der Waals surface area contributed by atoms with Gasteiger partial charge in [-0.1, -0.05) is 54.1 Å². The highest BCUT2D eigenvalue weighted by atomic mass is 35.5. The van der Waals surface area contributed by atoms with E-state index in [0.717, 1.165) is 11.1 Å². The van der Waals surface area contributed by atoms with E-state index in [1.54, 1.807) is 30.3 Å². The number of nitrogens with one attached hydrogen (secondary N) is 2. The van der Waals surface area contributed by atoms with Crippen LogP contribution in [0.4, 0.5) is 10.5 Å². The zero-order chi connectivity index (χ0) is 25.9. The first-order chi connectivity index (χ1) is 17.3. The number of ether oxygens (including phenoxy) is 2. The highest BCUT2D eigenvalue weighted by Gasteiger charge is 2.16. The average Bonchev–Trinajstić information content (AvgIpc) is 2.85. The summed E-state index contributed by atoms with van der Waals surface area (Å²) in [6.45, 7) is 3.92. The van der Waals surface area contributed by atoms with Gasteiger partial charge in [-0.25, -0.2) is 4.79 Å². The lowest BCUT2D eigenvalue weighted by Gasteiger charge is -2.19. The monoisotopic (exact) mass is 510 g/mol. The fourth-order valence-electron chi connectivity index (χ4n) is 3.53. The third-order valence-electron chi connectivity index (χ3n) is 5.26. The van der Waals surface area contributed by atoms with E-state index in [0.29, 0.717) is 34.9 Å². The third-order valence-corrected chi connectivity index (χ3v) is 5.56. The number of hydrogen-bond acceptors (Lipinski definition) is 5. The average molecular weight is 511 g/mol. The van der Waals surface area contributed by atoms with Crippen molar-refractivity contribution in [3.05, 3.63) is 94.5 Å². The van der Waals surface area contributed by atoms with Crippen LogP contribution in [-0.2, 0) is 17.8 Å². The molecule has 0 radical (unpaired) electrons. The van der Waals surface area contributed by atoms with Crippen LogP contribution < -0.4 is 15.4 Å². The number of anilines is 1. The van der Waals surface area contributed by atoms with Crippen LogP contribution in [0.5, 0.6) is 5.75 Å². The molecule has 0 aromatic heterocycles. The topological polar surface area (TPSA) is 96.9 Å². The van der Waals surface area contributed by atoms with Crippen molar-refractivity contribution in [1.29, 1.82) is 0 Å². The van der Waals surface area contributed by atoms with E-state index >= 15 is 0 Å². The van der Waals surface area contributed by atoms with Crippen LogP contribution in [0.1, 0.15) is 41.8 Å². The number of benzene rings is 3. The van der Waals surface area contributed by atoms with Crippen molar-refractivity contribution in [2.45, 2.75) is 45.4 Å². The molecule has 36 heavy (non-hydrogen) atoms. The lowest BCUT2D eigenvalue weighted by molar-refractivity contribution is 0.0930. The van der Waals surface area contributed by atoms with Crippen LogP contribution in [0.3, 0.4) is 0 Å². The van der Waals surface area contributed by atoms with Crippen LogP contribution in [0.2, 0.25) is 5.02 Å². The Bertz CT molecular complexity index is 1140. The molecule has 190 valence electrons. The first-order valence-electron chi connectivity index (χ1n) is 11.8. The Kier molecular flexibility index (Phi) is 10.2. The van der Waals surface area contributed by atoms with Crippen molar-refractivity contribution in [2.75, 3.05) is 11.9 Å². The molecule has 0 aliphatic carbocycles. The normalized spacial score (nSPS) is 11.6. The number of aliphatic hydroxyl groups is 1. The highest BCUT2D eigenvalue weighted by molar-refractivity contribution is 6.32. The number of carbonyl (C=O) groups is 2. The maximum Gasteiger partial charge on any atom is 0.411 e. The lowest BCUT2D eigenvalue weighted by Crippen LogP contribution is -2.37. The molecule has 1 unspecified atom stereocenters. The first-order valence-corrected chi connectivity index (χ1v) is 12.2. The predicted octanol–water partition coefficient (Wildman–Crippen LogP) is 5.60. The largest absolute Gasteiger partial charge is 0.489 e. The van der Waals surface area contributed by atoms with Crippen molar-refractivity contribution >= 4 is 29.3 Å². The smallest absolute Gasteiger partial charge is 0.411 e. The molecule has 8 heteroatoms. The maximum absolute atomic E-state index is 12.8. The van der Waals surface area contributed by atoms with Crippen LogP contribution in [0, 0.1) is 0 Å². The van der Waals surface area contributed by atoms with Crippen molar-refractivity contribution in [1.82, 2.24) is 5.32 Å². The summed E-state index contributed by atoms with van der Waals surface area (Å²) in [5.41, 5.74) is 2.85. The van der Waals surface area contributed by atoms with E-state index in [9.17, 15) is 14.7 Å². The highest BCUT2D eigenvalue weighted by Crippen LogP contribution is 2.26. The van der Waals surface area contributed by atoms with E-state index in [4.69, 9.17) is 21.1 Å². The van der Waals surface area contributed by atoms with Gasteiger partial charge in [0.15, 0.2) is 0 Å². The fourth-order valence-corrected chi connectivity index (χ4v) is 3.75. The Hall–Kier alpha value is -3.55. The minimum Gasteiger partial charge on any atom is -0.489 e. The van der Waals surface area contributed by atoms with Gasteiger partial charge < -0.3 is 19.9 Å². The molecule has 0 heterocycles. The fraction of sp³-hybridized carbons (Fsp3) is 0.286. The molecule has 3 aromatic rings. The Morgan fingerprint density at radius 2 is 1.69 bits per heavy atom. The second-order valence-electron chi connectivity index (χ2n) is 8.58. The minimum absolute atomic E-state index is 0.0300. The quantitative estimate of drug-likeness (QED) is 0.312. The first kappa shape index (κ1) is 27.0. The van der Waals surface area contributed by atoms with E-state index in [2.05, 4.69) is 10.6 Å². The van der Waals surface area contributed by atoms with Gasteiger partial charge in [-0.05, 0) is 68.1 Å². The molecular weight excluding hydrogens is 480 g/mol.